The van der Waals surface area contributed by atoms with Gasteiger partial charge in [0.05, 0.1) is 5.41 Å². The third kappa shape index (κ3) is 4.76. The predicted molar refractivity (Wildman–Crippen MR) is 103 cm³/mol. The molecule has 0 aliphatic carbocycles. The molecule has 1 saturated heterocycles. The summed E-state index contributed by atoms with van der Waals surface area (Å²) in [5, 5.41) is 0. The first kappa shape index (κ1) is 22.1. The Hall–Kier alpha value is -2.58. The van der Waals surface area contributed by atoms with Crippen molar-refractivity contribution in [3.8, 4) is 0 Å². The molecule has 30 heavy (non-hydrogen) atoms. The van der Waals surface area contributed by atoms with Gasteiger partial charge >= 0.3 is 6.18 Å². The number of halogens is 3. The Labute approximate surface area is 173 Å². The van der Waals surface area contributed by atoms with Crippen molar-refractivity contribution in [2.24, 2.45) is 5.41 Å². The number of fused-ring (bicyclic) bond motifs is 1. The van der Waals surface area contributed by atoms with Crippen LogP contribution in [0.25, 0.3) is 0 Å². The van der Waals surface area contributed by atoms with Gasteiger partial charge in [0.15, 0.2) is 0 Å². The molecule has 1 spiro atoms. The van der Waals surface area contributed by atoms with Crippen molar-refractivity contribution in [1.29, 1.82) is 0 Å². The third-order valence-electron chi connectivity index (χ3n) is 6.00. The summed E-state index contributed by atoms with van der Waals surface area (Å²) in [5.74, 6) is -1.33. The Morgan fingerprint density at radius 2 is 1.70 bits per heavy atom. The Bertz CT molecular complexity index is 830. The molecule has 1 fully saturated rings. The highest BCUT2D eigenvalue weighted by molar-refractivity contribution is 5.89. The van der Waals surface area contributed by atoms with E-state index in [0.717, 1.165) is 11.1 Å². The summed E-state index contributed by atoms with van der Waals surface area (Å²) in [7, 11) is 3.25. The zero-order valence-corrected chi connectivity index (χ0v) is 17.2. The van der Waals surface area contributed by atoms with E-state index in [2.05, 4.69) is 0 Å². The van der Waals surface area contributed by atoms with Crippen LogP contribution in [0.5, 0.6) is 0 Å². The third-order valence-corrected chi connectivity index (χ3v) is 6.00. The molecule has 0 bridgehead atoms. The molecule has 3 amide bonds. The summed E-state index contributed by atoms with van der Waals surface area (Å²) >= 11 is 0. The maximum absolute atomic E-state index is 13.5. The van der Waals surface area contributed by atoms with Crippen LogP contribution in [0.15, 0.2) is 24.3 Å². The van der Waals surface area contributed by atoms with Gasteiger partial charge in [0.1, 0.15) is 13.0 Å². The molecule has 0 aromatic heterocycles. The highest BCUT2D eigenvalue weighted by Gasteiger charge is 2.47. The number of likely N-dealkylation sites (tertiary alicyclic amines) is 1. The van der Waals surface area contributed by atoms with E-state index in [9.17, 15) is 27.6 Å². The number of amides is 3. The van der Waals surface area contributed by atoms with Crippen LogP contribution in [0.2, 0.25) is 0 Å². The number of piperidine rings is 1. The van der Waals surface area contributed by atoms with Crippen LogP contribution in [-0.4, -0.2) is 72.3 Å². The normalized spacial score (nSPS) is 18.8. The van der Waals surface area contributed by atoms with E-state index in [0.29, 0.717) is 13.0 Å². The predicted octanol–water partition coefficient (Wildman–Crippen LogP) is 2.22. The zero-order chi connectivity index (χ0) is 22.1. The van der Waals surface area contributed by atoms with E-state index in [-0.39, 0.29) is 44.3 Å². The monoisotopic (exact) mass is 425 g/mol. The van der Waals surface area contributed by atoms with Gasteiger partial charge in [0.2, 0.25) is 17.7 Å². The molecule has 9 heteroatoms. The number of carbonyl (C=O) groups is 3. The standard InChI is InChI=1S/C21H26F3N3O3/c1-25(2)18(29)14-27-13-16-6-4-3-5-15(16)11-20(19(27)30)7-9-26(10-8-20)17(28)12-21(22,23)24/h3-6H,7-14H2,1-2H3. The topological polar surface area (TPSA) is 60.9 Å². The first-order valence-electron chi connectivity index (χ1n) is 9.92. The molecule has 0 saturated carbocycles. The van der Waals surface area contributed by atoms with E-state index in [1.165, 1.54) is 9.80 Å². The van der Waals surface area contributed by atoms with Crippen LogP contribution in [0, 0.1) is 5.41 Å². The number of hydrogen-bond acceptors (Lipinski definition) is 3. The van der Waals surface area contributed by atoms with E-state index < -0.39 is 23.9 Å². The number of nitrogens with zero attached hydrogens (tertiary/aromatic N) is 3. The maximum Gasteiger partial charge on any atom is 0.397 e. The summed E-state index contributed by atoms with van der Waals surface area (Å²) < 4.78 is 37.8. The molecule has 0 unspecified atom stereocenters. The fourth-order valence-corrected chi connectivity index (χ4v) is 4.23. The lowest BCUT2D eigenvalue weighted by atomic mass is 9.73. The molecule has 0 atom stereocenters. The van der Waals surface area contributed by atoms with Gasteiger partial charge in [-0.25, -0.2) is 0 Å². The highest BCUT2D eigenvalue weighted by atomic mass is 19.4. The van der Waals surface area contributed by atoms with Crippen molar-refractivity contribution in [2.75, 3.05) is 33.7 Å². The van der Waals surface area contributed by atoms with Gasteiger partial charge in [0, 0.05) is 33.7 Å². The molecule has 2 aliphatic rings. The minimum absolute atomic E-state index is 0.0569. The summed E-state index contributed by atoms with van der Waals surface area (Å²) in [6.45, 7) is 0.447. The quantitative estimate of drug-likeness (QED) is 0.746. The lowest BCUT2D eigenvalue weighted by molar-refractivity contribution is -0.165. The largest absolute Gasteiger partial charge is 0.397 e. The molecule has 2 aliphatic heterocycles. The van der Waals surface area contributed by atoms with Crippen molar-refractivity contribution in [2.45, 2.75) is 38.4 Å². The lowest BCUT2D eigenvalue weighted by Crippen LogP contribution is -2.53. The van der Waals surface area contributed by atoms with E-state index >= 15 is 0 Å². The van der Waals surface area contributed by atoms with E-state index in [4.69, 9.17) is 0 Å². The second kappa shape index (κ2) is 8.28. The molecule has 2 heterocycles. The van der Waals surface area contributed by atoms with Gasteiger partial charge in [-0.3, -0.25) is 14.4 Å². The average Bonchev–Trinajstić information content (AvgIpc) is 2.77. The molecule has 3 rings (SSSR count). The molecular formula is C21H26F3N3O3. The molecule has 1 aromatic carbocycles. The number of alkyl halides is 3. The average molecular weight is 425 g/mol. The van der Waals surface area contributed by atoms with Gasteiger partial charge < -0.3 is 14.7 Å². The summed E-state index contributed by atoms with van der Waals surface area (Å²) in [6, 6.07) is 7.64. The summed E-state index contributed by atoms with van der Waals surface area (Å²) in [5.41, 5.74) is 1.14. The van der Waals surface area contributed by atoms with Crippen molar-refractivity contribution >= 4 is 17.7 Å². The van der Waals surface area contributed by atoms with Gasteiger partial charge in [0.25, 0.3) is 0 Å². The molecular weight excluding hydrogens is 399 g/mol. The fraction of sp³-hybridized carbons (Fsp3) is 0.571. The van der Waals surface area contributed by atoms with Crippen molar-refractivity contribution in [1.82, 2.24) is 14.7 Å². The van der Waals surface area contributed by atoms with Crippen molar-refractivity contribution < 1.29 is 27.6 Å². The Balaban J connectivity index is 1.83. The van der Waals surface area contributed by atoms with Gasteiger partial charge in [-0.15, -0.1) is 0 Å². The van der Waals surface area contributed by atoms with Crippen LogP contribution in [-0.2, 0) is 27.3 Å². The number of benzene rings is 1. The maximum atomic E-state index is 13.5. The fourth-order valence-electron chi connectivity index (χ4n) is 4.23. The Morgan fingerprint density at radius 3 is 2.27 bits per heavy atom. The second-order valence-electron chi connectivity index (χ2n) is 8.35. The molecule has 0 radical (unpaired) electrons. The first-order chi connectivity index (χ1) is 14.0. The lowest BCUT2D eigenvalue weighted by Gasteiger charge is -2.42. The summed E-state index contributed by atoms with van der Waals surface area (Å²) in [4.78, 5) is 42.0. The Morgan fingerprint density at radius 1 is 1.10 bits per heavy atom. The number of likely N-dealkylation sites (N-methyl/N-ethyl adjacent to an activating group) is 1. The molecule has 1 aromatic rings. The van der Waals surface area contributed by atoms with E-state index in [1.54, 1.807) is 19.0 Å². The number of hydrogen-bond donors (Lipinski definition) is 0. The molecule has 6 nitrogen and oxygen atoms in total. The Kier molecular flexibility index (Phi) is 6.10. The van der Waals surface area contributed by atoms with Crippen LogP contribution in [0.3, 0.4) is 0 Å². The summed E-state index contributed by atoms with van der Waals surface area (Å²) in [6.07, 6.45) is -5.03. The first-order valence-corrected chi connectivity index (χ1v) is 9.92. The zero-order valence-electron chi connectivity index (χ0n) is 17.2. The second-order valence-corrected chi connectivity index (χ2v) is 8.35. The van der Waals surface area contributed by atoms with E-state index in [1.807, 2.05) is 24.3 Å². The van der Waals surface area contributed by atoms with Crippen LogP contribution >= 0.6 is 0 Å². The highest BCUT2D eigenvalue weighted by Crippen LogP contribution is 2.41. The van der Waals surface area contributed by atoms with Gasteiger partial charge in [-0.2, -0.15) is 13.2 Å². The van der Waals surface area contributed by atoms with Crippen LogP contribution < -0.4 is 0 Å². The number of rotatable bonds is 3. The minimum atomic E-state index is -4.55. The van der Waals surface area contributed by atoms with Gasteiger partial charge in [-0.1, -0.05) is 24.3 Å². The minimum Gasteiger partial charge on any atom is -0.347 e. The SMILES string of the molecule is CN(C)C(=O)CN1Cc2ccccc2CC2(CCN(C(=O)CC(F)(F)F)CC2)C1=O. The van der Waals surface area contributed by atoms with Crippen molar-refractivity contribution in [3.05, 3.63) is 35.4 Å². The van der Waals surface area contributed by atoms with Crippen molar-refractivity contribution in [3.63, 3.8) is 0 Å². The van der Waals surface area contributed by atoms with Crippen LogP contribution in [0.1, 0.15) is 30.4 Å². The van der Waals surface area contributed by atoms with Gasteiger partial charge in [-0.05, 0) is 30.4 Å². The molecule has 164 valence electrons. The molecule has 0 N–H and O–H groups in total. The number of carbonyl (C=O) groups excluding carboxylic acids is 3. The van der Waals surface area contributed by atoms with Crippen LogP contribution in [0.4, 0.5) is 13.2 Å². The smallest absolute Gasteiger partial charge is 0.347 e.